The minimum Gasteiger partial charge on any atom is -0.385 e. The molecule has 0 unspecified atom stereocenters. The largest absolute Gasteiger partial charge is 0.385 e. The first kappa shape index (κ1) is 14.5. The van der Waals surface area contributed by atoms with Crippen molar-refractivity contribution >= 4 is 15.7 Å². The second-order valence-electron chi connectivity index (χ2n) is 4.42. The van der Waals surface area contributed by atoms with Gasteiger partial charge in [-0.05, 0) is 31.2 Å². The van der Waals surface area contributed by atoms with Crippen molar-refractivity contribution < 1.29 is 8.42 Å². The Morgan fingerprint density at radius 1 is 1.30 bits per heavy atom. The first-order chi connectivity index (χ1) is 9.54. The predicted molar refractivity (Wildman–Crippen MR) is 77.8 cm³/mol. The Kier molecular flexibility index (Phi) is 4.41. The molecule has 0 saturated heterocycles. The molecule has 2 aromatic rings. The van der Waals surface area contributed by atoms with Gasteiger partial charge in [0, 0.05) is 37.6 Å². The van der Waals surface area contributed by atoms with Crippen molar-refractivity contribution in [2.45, 2.75) is 18.4 Å². The average molecular weight is 294 g/mol. The van der Waals surface area contributed by atoms with Gasteiger partial charge in [-0.25, -0.2) is 8.42 Å². The zero-order valence-electron chi connectivity index (χ0n) is 11.5. The number of nitrogens with zero attached hydrogens (tertiary/aromatic N) is 2. The number of nitrogens with one attached hydrogen (secondary N) is 2. The summed E-state index contributed by atoms with van der Waals surface area (Å²) >= 11 is 0. The number of hydrogen-bond donors (Lipinski definition) is 2. The lowest BCUT2D eigenvalue weighted by molar-refractivity contribution is 0.467. The summed E-state index contributed by atoms with van der Waals surface area (Å²) in [4.78, 5) is 0.283. The molecule has 0 aliphatic rings. The molecule has 0 saturated carbocycles. The van der Waals surface area contributed by atoms with Crippen molar-refractivity contribution in [2.75, 3.05) is 18.9 Å². The van der Waals surface area contributed by atoms with Crippen molar-refractivity contribution in [1.29, 1.82) is 0 Å². The number of aromatic amines is 1. The summed E-state index contributed by atoms with van der Waals surface area (Å²) in [5.41, 5.74) is 1.73. The highest BCUT2D eigenvalue weighted by Gasteiger charge is 2.20. The fraction of sp³-hybridized carbons (Fsp3) is 0.308. The van der Waals surface area contributed by atoms with Crippen LogP contribution in [-0.2, 0) is 16.6 Å². The highest BCUT2D eigenvalue weighted by molar-refractivity contribution is 7.89. The fourth-order valence-electron chi connectivity index (χ4n) is 1.84. The van der Waals surface area contributed by atoms with Crippen molar-refractivity contribution in [3.05, 3.63) is 42.2 Å². The normalized spacial score (nSPS) is 11.8. The van der Waals surface area contributed by atoms with Crippen molar-refractivity contribution in [3.8, 4) is 0 Å². The Labute approximate surface area is 118 Å². The highest BCUT2D eigenvalue weighted by Crippen LogP contribution is 2.18. The third-order valence-electron chi connectivity index (χ3n) is 2.90. The second-order valence-corrected chi connectivity index (χ2v) is 6.47. The van der Waals surface area contributed by atoms with E-state index in [2.05, 4.69) is 15.5 Å². The second kappa shape index (κ2) is 6.06. The van der Waals surface area contributed by atoms with E-state index < -0.39 is 10.0 Å². The molecule has 7 heteroatoms. The smallest absolute Gasteiger partial charge is 0.243 e. The van der Waals surface area contributed by atoms with Gasteiger partial charge in [-0.15, -0.1) is 0 Å². The van der Waals surface area contributed by atoms with Crippen LogP contribution in [0.1, 0.15) is 12.5 Å². The van der Waals surface area contributed by atoms with Crippen LogP contribution in [0.3, 0.4) is 0 Å². The minimum absolute atomic E-state index is 0.283. The lowest BCUT2D eigenvalue weighted by Crippen LogP contribution is -2.26. The predicted octanol–water partition coefficient (Wildman–Crippen LogP) is 1.66. The van der Waals surface area contributed by atoms with Crippen LogP contribution in [0.4, 0.5) is 5.69 Å². The molecule has 108 valence electrons. The summed E-state index contributed by atoms with van der Waals surface area (Å²) in [6, 6.07) is 6.75. The van der Waals surface area contributed by atoms with E-state index in [1.54, 1.807) is 43.7 Å². The van der Waals surface area contributed by atoms with Gasteiger partial charge >= 0.3 is 0 Å². The quantitative estimate of drug-likeness (QED) is 0.849. The van der Waals surface area contributed by atoms with Crippen LogP contribution >= 0.6 is 0 Å². The van der Waals surface area contributed by atoms with E-state index in [1.807, 2.05) is 6.92 Å². The fourth-order valence-corrected chi connectivity index (χ4v) is 2.99. The highest BCUT2D eigenvalue weighted by atomic mass is 32.2. The Morgan fingerprint density at radius 3 is 2.55 bits per heavy atom. The first-order valence-electron chi connectivity index (χ1n) is 6.32. The summed E-state index contributed by atoms with van der Waals surface area (Å²) in [5.74, 6) is 0. The van der Waals surface area contributed by atoms with Crippen LogP contribution in [0, 0.1) is 0 Å². The Hall–Kier alpha value is -1.86. The van der Waals surface area contributed by atoms with E-state index in [0.717, 1.165) is 17.8 Å². The van der Waals surface area contributed by atoms with E-state index in [-0.39, 0.29) is 11.4 Å². The van der Waals surface area contributed by atoms with Crippen LogP contribution in [0.25, 0.3) is 0 Å². The molecule has 6 nitrogen and oxygen atoms in total. The number of anilines is 1. The number of sulfonamides is 1. The van der Waals surface area contributed by atoms with Gasteiger partial charge in [0.05, 0.1) is 11.1 Å². The molecule has 0 aliphatic carbocycles. The van der Waals surface area contributed by atoms with Gasteiger partial charge in [-0.2, -0.15) is 9.40 Å². The molecular weight excluding hydrogens is 276 g/mol. The molecule has 2 N–H and O–H groups in total. The third-order valence-corrected chi connectivity index (χ3v) is 4.72. The molecule has 0 amide bonds. The summed E-state index contributed by atoms with van der Waals surface area (Å²) in [5, 5.41) is 9.61. The SMILES string of the molecule is CCNc1ccc(S(=O)(=O)N(C)Cc2cn[nH]c2)cc1. The molecule has 0 aliphatic heterocycles. The molecule has 0 bridgehead atoms. The van der Waals surface area contributed by atoms with Crippen LogP contribution < -0.4 is 5.32 Å². The maximum atomic E-state index is 12.4. The number of benzene rings is 1. The maximum Gasteiger partial charge on any atom is 0.243 e. The average Bonchev–Trinajstić information content (AvgIpc) is 2.92. The first-order valence-corrected chi connectivity index (χ1v) is 7.76. The van der Waals surface area contributed by atoms with Gasteiger partial charge in [0.1, 0.15) is 0 Å². The lowest BCUT2D eigenvalue weighted by atomic mass is 10.3. The lowest BCUT2D eigenvalue weighted by Gasteiger charge is -2.16. The van der Waals surface area contributed by atoms with Crippen molar-refractivity contribution in [1.82, 2.24) is 14.5 Å². The van der Waals surface area contributed by atoms with Gasteiger partial charge in [0.25, 0.3) is 0 Å². The molecule has 1 aromatic carbocycles. The van der Waals surface area contributed by atoms with E-state index >= 15 is 0 Å². The zero-order chi connectivity index (χ0) is 14.6. The molecule has 2 rings (SSSR count). The van der Waals surface area contributed by atoms with Gasteiger partial charge in [-0.3, -0.25) is 5.10 Å². The van der Waals surface area contributed by atoms with E-state index in [1.165, 1.54) is 4.31 Å². The summed E-state index contributed by atoms with van der Waals surface area (Å²) in [6.45, 7) is 3.07. The Morgan fingerprint density at radius 2 is 2.00 bits per heavy atom. The molecular formula is C13H18N4O2S. The zero-order valence-corrected chi connectivity index (χ0v) is 12.3. The standard InChI is InChI=1S/C13H18N4O2S/c1-3-14-12-4-6-13(7-5-12)20(18,19)17(2)10-11-8-15-16-9-11/h4-9,14H,3,10H2,1-2H3,(H,15,16). The molecule has 20 heavy (non-hydrogen) atoms. The van der Waals surface area contributed by atoms with Crippen LogP contribution in [-0.4, -0.2) is 36.5 Å². The summed E-state index contributed by atoms with van der Waals surface area (Å²) < 4.78 is 26.1. The number of hydrogen-bond acceptors (Lipinski definition) is 4. The molecule has 1 aromatic heterocycles. The number of aromatic nitrogens is 2. The minimum atomic E-state index is -3.48. The maximum absolute atomic E-state index is 12.4. The number of rotatable bonds is 6. The van der Waals surface area contributed by atoms with Crippen LogP contribution in [0.15, 0.2) is 41.6 Å². The van der Waals surface area contributed by atoms with Gasteiger partial charge in [0.2, 0.25) is 10.0 Å². The van der Waals surface area contributed by atoms with Crippen molar-refractivity contribution in [3.63, 3.8) is 0 Å². The van der Waals surface area contributed by atoms with E-state index in [4.69, 9.17) is 0 Å². The van der Waals surface area contributed by atoms with Gasteiger partial charge < -0.3 is 5.32 Å². The molecule has 0 atom stereocenters. The third kappa shape index (κ3) is 3.17. The number of H-pyrrole nitrogens is 1. The van der Waals surface area contributed by atoms with Gasteiger partial charge in [0.15, 0.2) is 0 Å². The summed E-state index contributed by atoms with van der Waals surface area (Å²) in [6.07, 6.45) is 3.29. The monoisotopic (exact) mass is 294 g/mol. The van der Waals surface area contributed by atoms with E-state index in [9.17, 15) is 8.42 Å². The van der Waals surface area contributed by atoms with Crippen LogP contribution in [0.2, 0.25) is 0 Å². The summed E-state index contributed by atoms with van der Waals surface area (Å²) in [7, 11) is -1.93. The van der Waals surface area contributed by atoms with Gasteiger partial charge in [-0.1, -0.05) is 0 Å². The van der Waals surface area contributed by atoms with E-state index in [0.29, 0.717) is 0 Å². The Bertz CT molecular complexity index is 636. The van der Waals surface area contributed by atoms with Crippen LogP contribution in [0.5, 0.6) is 0 Å². The molecule has 0 spiro atoms. The molecule has 1 heterocycles. The van der Waals surface area contributed by atoms with Crippen molar-refractivity contribution in [2.24, 2.45) is 0 Å². The topological polar surface area (TPSA) is 78.1 Å². The molecule has 0 fully saturated rings. The molecule has 0 radical (unpaired) electrons. The Balaban J connectivity index is 2.16.